The zero-order valence-electron chi connectivity index (χ0n) is 17.3. The second-order valence-electron chi connectivity index (χ2n) is 6.85. The van der Waals surface area contributed by atoms with Crippen molar-refractivity contribution in [3.8, 4) is 11.5 Å². The maximum atomic E-state index is 13.3. The van der Waals surface area contributed by atoms with Crippen LogP contribution in [0.1, 0.15) is 24.4 Å². The van der Waals surface area contributed by atoms with Gasteiger partial charge in [-0.3, -0.25) is 4.79 Å². The molecule has 4 rings (SSSR count). The summed E-state index contributed by atoms with van der Waals surface area (Å²) in [6.07, 6.45) is 0. The Morgan fingerprint density at radius 2 is 2.03 bits per heavy atom. The predicted molar refractivity (Wildman–Crippen MR) is 121 cm³/mol. The number of fused-ring (bicyclic) bond motifs is 1. The Morgan fingerprint density at radius 1 is 1.26 bits per heavy atom. The average molecular weight is 460 g/mol. The third-order valence-corrected chi connectivity index (χ3v) is 6.34. The highest BCUT2D eigenvalue weighted by molar-refractivity contribution is 8.00. The maximum Gasteiger partial charge on any atom is 0.240 e. The number of halogens is 1. The summed E-state index contributed by atoms with van der Waals surface area (Å²) in [5, 5.41) is 11.9. The lowest BCUT2D eigenvalue weighted by Crippen LogP contribution is -2.41. The van der Waals surface area contributed by atoms with Gasteiger partial charge in [0.25, 0.3) is 0 Å². The van der Waals surface area contributed by atoms with Crippen molar-refractivity contribution in [3.63, 3.8) is 0 Å². The average Bonchev–Trinajstić information content (AvgIpc) is 3.14. The second-order valence-corrected chi connectivity index (χ2v) is 8.37. The van der Waals surface area contributed by atoms with Crippen LogP contribution >= 0.6 is 23.4 Å². The van der Waals surface area contributed by atoms with E-state index < -0.39 is 5.25 Å². The van der Waals surface area contributed by atoms with Gasteiger partial charge in [0.15, 0.2) is 0 Å². The number of aromatic nitrogens is 3. The van der Waals surface area contributed by atoms with E-state index in [1.54, 1.807) is 23.9 Å². The van der Waals surface area contributed by atoms with E-state index in [4.69, 9.17) is 21.1 Å². The summed E-state index contributed by atoms with van der Waals surface area (Å²) in [7, 11) is 1.56. The number of carbonyl (C=O) groups excluding carboxylic acids is 1. The van der Waals surface area contributed by atoms with Gasteiger partial charge in [0, 0.05) is 5.69 Å². The number of thioether (sulfide) groups is 1. The highest BCUT2D eigenvalue weighted by Crippen LogP contribution is 2.39. The van der Waals surface area contributed by atoms with Gasteiger partial charge in [0.1, 0.15) is 22.6 Å². The standard InChI is InChI=1S/C21H22ClN5O3S/c1-4-30-15-8-6-14(7-9-15)23-20(28)19-18(13-5-10-17(29-3)16(22)11-13)26-27-12(2)24-25-21(27)31-19/h5-11,18-19,26H,4H2,1-3H3,(H,23,28)/t18-,19+/m1/s1. The molecule has 2 aromatic carbocycles. The van der Waals surface area contributed by atoms with E-state index >= 15 is 0 Å². The van der Waals surface area contributed by atoms with Crippen molar-refractivity contribution in [2.45, 2.75) is 30.3 Å². The monoisotopic (exact) mass is 459 g/mol. The van der Waals surface area contributed by atoms with Crippen molar-refractivity contribution in [3.05, 3.63) is 58.9 Å². The highest BCUT2D eigenvalue weighted by atomic mass is 35.5. The molecule has 1 aliphatic heterocycles. The molecule has 0 saturated carbocycles. The van der Waals surface area contributed by atoms with Crippen LogP contribution in [-0.2, 0) is 4.79 Å². The molecule has 31 heavy (non-hydrogen) atoms. The molecule has 0 radical (unpaired) electrons. The molecule has 0 unspecified atom stereocenters. The topological polar surface area (TPSA) is 90.3 Å². The van der Waals surface area contributed by atoms with Crippen LogP contribution in [0.3, 0.4) is 0 Å². The molecular weight excluding hydrogens is 438 g/mol. The molecule has 162 valence electrons. The van der Waals surface area contributed by atoms with Gasteiger partial charge in [-0.15, -0.1) is 10.2 Å². The molecule has 1 amide bonds. The molecule has 1 aromatic heterocycles. The Balaban J connectivity index is 1.62. The van der Waals surface area contributed by atoms with Crippen molar-refractivity contribution in [1.82, 2.24) is 14.9 Å². The van der Waals surface area contributed by atoms with Crippen LogP contribution in [0.5, 0.6) is 11.5 Å². The van der Waals surface area contributed by atoms with Crippen molar-refractivity contribution < 1.29 is 14.3 Å². The van der Waals surface area contributed by atoms with Gasteiger partial charge in [0.05, 0.1) is 24.8 Å². The van der Waals surface area contributed by atoms with Crippen LogP contribution in [0.2, 0.25) is 5.02 Å². The molecule has 0 saturated heterocycles. The molecule has 8 nitrogen and oxygen atoms in total. The number of benzene rings is 2. The summed E-state index contributed by atoms with van der Waals surface area (Å²) in [6.45, 7) is 4.36. The fraction of sp³-hybridized carbons (Fsp3) is 0.286. The second kappa shape index (κ2) is 9.07. The number of methoxy groups -OCH3 is 1. The van der Waals surface area contributed by atoms with Gasteiger partial charge in [0.2, 0.25) is 11.1 Å². The molecule has 0 spiro atoms. The summed E-state index contributed by atoms with van der Waals surface area (Å²) < 4.78 is 12.5. The van der Waals surface area contributed by atoms with Crippen molar-refractivity contribution in [2.24, 2.45) is 0 Å². The van der Waals surface area contributed by atoms with E-state index in [9.17, 15) is 4.79 Å². The molecule has 0 fully saturated rings. The number of hydrogen-bond donors (Lipinski definition) is 2. The molecule has 2 atom stereocenters. The first-order chi connectivity index (χ1) is 15.0. The van der Waals surface area contributed by atoms with Crippen molar-refractivity contribution in [1.29, 1.82) is 0 Å². The number of carbonyl (C=O) groups is 1. The van der Waals surface area contributed by atoms with Gasteiger partial charge in [-0.05, 0) is 55.8 Å². The van der Waals surface area contributed by atoms with Crippen LogP contribution in [0, 0.1) is 6.92 Å². The predicted octanol–water partition coefficient (Wildman–Crippen LogP) is 4.05. The van der Waals surface area contributed by atoms with E-state index in [0.717, 1.165) is 11.3 Å². The molecule has 2 N–H and O–H groups in total. The molecule has 10 heteroatoms. The van der Waals surface area contributed by atoms with E-state index in [-0.39, 0.29) is 11.9 Å². The fourth-order valence-corrected chi connectivity index (χ4v) is 4.69. The van der Waals surface area contributed by atoms with Gasteiger partial charge in [-0.1, -0.05) is 29.4 Å². The molecule has 0 bridgehead atoms. The Morgan fingerprint density at radius 3 is 2.71 bits per heavy atom. The van der Waals surface area contributed by atoms with Crippen molar-refractivity contribution in [2.75, 3.05) is 24.5 Å². The van der Waals surface area contributed by atoms with E-state index in [0.29, 0.717) is 34.0 Å². The van der Waals surface area contributed by atoms with Crippen LogP contribution in [0.15, 0.2) is 47.6 Å². The van der Waals surface area contributed by atoms with Gasteiger partial charge < -0.3 is 20.2 Å². The summed E-state index contributed by atoms with van der Waals surface area (Å²) in [5.74, 6) is 1.87. The highest BCUT2D eigenvalue weighted by Gasteiger charge is 2.37. The van der Waals surface area contributed by atoms with Crippen molar-refractivity contribution >= 4 is 35.0 Å². The molecule has 2 heterocycles. The fourth-order valence-electron chi connectivity index (χ4n) is 3.30. The van der Waals surface area contributed by atoms with Crippen LogP contribution in [0.25, 0.3) is 0 Å². The van der Waals surface area contributed by atoms with Gasteiger partial charge in [-0.25, -0.2) is 4.68 Å². The van der Waals surface area contributed by atoms with E-state index in [2.05, 4.69) is 20.9 Å². The van der Waals surface area contributed by atoms with Crippen LogP contribution < -0.4 is 20.2 Å². The van der Waals surface area contributed by atoms with E-state index in [1.165, 1.54) is 11.8 Å². The molecular formula is C21H22ClN5O3S. The Labute approximate surface area is 189 Å². The SMILES string of the molecule is CCOc1ccc(NC(=O)[C@H]2Sc3nnc(C)n3N[C@@H]2c2ccc(OC)c(Cl)c2)cc1. The number of nitrogens with zero attached hydrogens (tertiary/aromatic N) is 3. The zero-order valence-corrected chi connectivity index (χ0v) is 18.8. The first-order valence-electron chi connectivity index (χ1n) is 9.72. The Kier molecular flexibility index (Phi) is 6.24. The third kappa shape index (κ3) is 4.42. The Hall–Kier alpha value is -2.91. The minimum Gasteiger partial charge on any atom is -0.495 e. The number of anilines is 1. The van der Waals surface area contributed by atoms with Crippen LogP contribution in [0.4, 0.5) is 5.69 Å². The molecule has 1 aliphatic rings. The number of nitrogens with one attached hydrogen (secondary N) is 2. The summed E-state index contributed by atoms with van der Waals surface area (Å²) in [6, 6.07) is 12.4. The lowest BCUT2D eigenvalue weighted by Gasteiger charge is -2.33. The van der Waals surface area contributed by atoms with E-state index in [1.807, 2.05) is 44.2 Å². The minimum absolute atomic E-state index is 0.162. The lowest BCUT2D eigenvalue weighted by atomic mass is 10.0. The first kappa shape index (κ1) is 21.3. The largest absolute Gasteiger partial charge is 0.495 e. The summed E-state index contributed by atoms with van der Waals surface area (Å²) in [4.78, 5) is 13.3. The quantitative estimate of drug-likeness (QED) is 0.574. The zero-order chi connectivity index (χ0) is 22.0. The molecule has 3 aromatic rings. The Bertz CT molecular complexity index is 1090. The lowest BCUT2D eigenvalue weighted by molar-refractivity contribution is -0.116. The number of aryl methyl sites for hydroxylation is 1. The number of rotatable bonds is 6. The molecule has 0 aliphatic carbocycles. The number of ether oxygens (including phenoxy) is 2. The normalized spacial score (nSPS) is 17.4. The number of hydrogen-bond acceptors (Lipinski definition) is 7. The smallest absolute Gasteiger partial charge is 0.240 e. The maximum absolute atomic E-state index is 13.3. The van der Waals surface area contributed by atoms with Gasteiger partial charge in [-0.2, -0.15) is 0 Å². The summed E-state index contributed by atoms with van der Waals surface area (Å²) >= 11 is 7.70. The first-order valence-corrected chi connectivity index (χ1v) is 11.0. The van der Waals surface area contributed by atoms with Gasteiger partial charge >= 0.3 is 0 Å². The van der Waals surface area contributed by atoms with Crippen LogP contribution in [-0.4, -0.2) is 39.7 Å². The third-order valence-electron chi connectivity index (χ3n) is 4.82. The number of amides is 1. The minimum atomic E-state index is -0.507. The summed E-state index contributed by atoms with van der Waals surface area (Å²) in [5.41, 5.74) is 4.89.